The molecule has 3 aromatic rings. The molecule has 0 saturated heterocycles. The summed E-state index contributed by atoms with van der Waals surface area (Å²) in [5.74, 6) is 0.650. The van der Waals surface area contributed by atoms with Crippen molar-refractivity contribution in [2.24, 2.45) is 7.05 Å². The maximum atomic E-state index is 12.4. The lowest BCUT2D eigenvalue weighted by molar-refractivity contribution is 0.0942. The van der Waals surface area contributed by atoms with Crippen LogP contribution in [0.25, 0.3) is 10.9 Å². The summed E-state index contributed by atoms with van der Waals surface area (Å²) in [5, 5.41) is 3.90. The molecule has 2 heterocycles. The Kier molecular flexibility index (Phi) is 3.78. The third kappa shape index (κ3) is 2.65. The van der Waals surface area contributed by atoms with Crippen LogP contribution >= 0.6 is 0 Å². The number of nitrogens with zero attached hydrogens (tertiary/aromatic N) is 2. The Morgan fingerprint density at radius 2 is 2.14 bits per heavy atom. The summed E-state index contributed by atoms with van der Waals surface area (Å²) in [6, 6.07) is 13.3. The Balaban J connectivity index is 1.83. The molecule has 0 saturated carbocycles. The summed E-state index contributed by atoms with van der Waals surface area (Å²) >= 11 is 0. The fraction of sp³-hybridized carbons (Fsp3) is 0.176. The van der Waals surface area contributed by atoms with Gasteiger partial charge in [-0.2, -0.15) is 0 Å². The standard InChI is InChI=1S/C17H17N3O2/c1-20-15-10-14(22-2)7-6-12(15)9-16(20)17(21)19-11-13-5-3-4-8-18-13/h3-10H,11H2,1-2H3,(H,19,21). The zero-order chi connectivity index (χ0) is 15.5. The van der Waals surface area contributed by atoms with E-state index in [1.165, 1.54) is 0 Å². The summed E-state index contributed by atoms with van der Waals surface area (Å²) in [7, 11) is 3.50. The van der Waals surface area contributed by atoms with Crippen LogP contribution in [-0.2, 0) is 13.6 Å². The number of benzene rings is 1. The lowest BCUT2D eigenvalue weighted by Gasteiger charge is -2.06. The van der Waals surface area contributed by atoms with E-state index >= 15 is 0 Å². The van der Waals surface area contributed by atoms with E-state index in [2.05, 4.69) is 10.3 Å². The van der Waals surface area contributed by atoms with E-state index in [9.17, 15) is 4.79 Å². The zero-order valence-electron chi connectivity index (χ0n) is 12.5. The first-order valence-corrected chi connectivity index (χ1v) is 7.00. The molecule has 1 aromatic carbocycles. The Hall–Kier alpha value is -2.82. The van der Waals surface area contributed by atoms with Gasteiger partial charge < -0.3 is 14.6 Å². The van der Waals surface area contributed by atoms with Crippen molar-refractivity contribution in [3.63, 3.8) is 0 Å². The van der Waals surface area contributed by atoms with E-state index in [-0.39, 0.29) is 5.91 Å². The molecular weight excluding hydrogens is 278 g/mol. The average Bonchev–Trinajstić information content (AvgIpc) is 2.90. The van der Waals surface area contributed by atoms with Gasteiger partial charge in [-0.25, -0.2) is 0 Å². The number of aryl methyl sites for hydroxylation is 1. The molecule has 0 aliphatic heterocycles. The lowest BCUT2D eigenvalue weighted by Crippen LogP contribution is -2.25. The van der Waals surface area contributed by atoms with Crippen LogP contribution in [0.5, 0.6) is 5.75 Å². The molecule has 0 aliphatic carbocycles. The number of hydrogen-bond acceptors (Lipinski definition) is 3. The normalized spacial score (nSPS) is 10.6. The summed E-state index contributed by atoms with van der Waals surface area (Å²) in [4.78, 5) is 16.6. The molecule has 0 radical (unpaired) electrons. The number of carbonyl (C=O) groups excluding carboxylic acids is 1. The summed E-state index contributed by atoms with van der Waals surface area (Å²) in [5.41, 5.74) is 2.40. The highest BCUT2D eigenvalue weighted by molar-refractivity contribution is 5.98. The minimum absolute atomic E-state index is 0.122. The molecule has 3 rings (SSSR count). The number of rotatable bonds is 4. The van der Waals surface area contributed by atoms with Gasteiger partial charge in [0.1, 0.15) is 11.4 Å². The van der Waals surface area contributed by atoms with Crippen molar-refractivity contribution in [2.45, 2.75) is 6.54 Å². The van der Waals surface area contributed by atoms with Crippen LogP contribution in [-0.4, -0.2) is 22.6 Å². The van der Waals surface area contributed by atoms with Gasteiger partial charge in [-0.05, 0) is 30.3 Å². The van der Waals surface area contributed by atoms with Gasteiger partial charge in [0.15, 0.2) is 0 Å². The predicted octanol–water partition coefficient (Wildman–Crippen LogP) is 2.51. The summed E-state index contributed by atoms with van der Waals surface area (Å²) in [6.07, 6.45) is 1.71. The van der Waals surface area contributed by atoms with Crippen LogP contribution < -0.4 is 10.1 Å². The molecule has 0 aliphatic rings. The maximum Gasteiger partial charge on any atom is 0.268 e. The first-order valence-electron chi connectivity index (χ1n) is 7.00. The van der Waals surface area contributed by atoms with Crippen LogP contribution in [0.4, 0.5) is 0 Å². The van der Waals surface area contributed by atoms with Crippen molar-refractivity contribution < 1.29 is 9.53 Å². The Morgan fingerprint density at radius 3 is 2.86 bits per heavy atom. The highest BCUT2D eigenvalue weighted by atomic mass is 16.5. The lowest BCUT2D eigenvalue weighted by atomic mass is 10.2. The highest BCUT2D eigenvalue weighted by Gasteiger charge is 2.13. The topological polar surface area (TPSA) is 56.1 Å². The first kappa shape index (κ1) is 14.1. The molecule has 1 N–H and O–H groups in total. The van der Waals surface area contributed by atoms with Crippen molar-refractivity contribution in [2.75, 3.05) is 7.11 Å². The Bertz CT molecular complexity index is 809. The minimum Gasteiger partial charge on any atom is -0.497 e. The van der Waals surface area contributed by atoms with Crippen molar-refractivity contribution in [1.29, 1.82) is 0 Å². The second-order valence-corrected chi connectivity index (χ2v) is 5.02. The number of nitrogens with one attached hydrogen (secondary N) is 1. The molecule has 112 valence electrons. The van der Waals surface area contributed by atoms with Crippen LogP contribution in [0.15, 0.2) is 48.7 Å². The molecule has 0 spiro atoms. The van der Waals surface area contributed by atoms with Crippen molar-refractivity contribution in [1.82, 2.24) is 14.9 Å². The van der Waals surface area contributed by atoms with Gasteiger partial charge in [0.25, 0.3) is 5.91 Å². The third-order valence-electron chi connectivity index (χ3n) is 3.64. The highest BCUT2D eigenvalue weighted by Crippen LogP contribution is 2.23. The molecule has 5 heteroatoms. The van der Waals surface area contributed by atoms with Crippen LogP contribution in [0, 0.1) is 0 Å². The molecule has 0 bridgehead atoms. The van der Waals surface area contributed by atoms with E-state index in [4.69, 9.17) is 4.74 Å². The van der Waals surface area contributed by atoms with Gasteiger partial charge in [0.05, 0.1) is 24.9 Å². The number of aromatic nitrogens is 2. The number of methoxy groups -OCH3 is 1. The maximum absolute atomic E-state index is 12.4. The van der Waals surface area contributed by atoms with E-state index in [1.54, 1.807) is 13.3 Å². The van der Waals surface area contributed by atoms with Gasteiger partial charge in [0, 0.05) is 24.7 Å². The van der Waals surface area contributed by atoms with Gasteiger partial charge >= 0.3 is 0 Å². The van der Waals surface area contributed by atoms with Gasteiger partial charge in [-0.3, -0.25) is 9.78 Å². The largest absolute Gasteiger partial charge is 0.497 e. The smallest absolute Gasteiger partial charge is 0.268 e. The number of fused-ring (bicyclic) bond motifs is 1. The fourth-order valence-corrected chi connectivity index (χ4v) is 2.42. The molecule has 0 fully saturated rings. The van der Waals surface area contributed by atoms with E-state index in [1.807, 2.05) is 54.1 Å². The molecule has 1 amide bonds. The number of carbonyl (C=O) groups is 1. The average molecular weight is 295 g/mol. The monoisotopic (exact) mass is 295 g/mol. The van der Waals surface area contributed by atoms with E-state index < -0.39 is 0 Å². The number of hydrogen-bond donors (Lipinski definition) is 1. The molecule has 0 atom stereocenters. The summed E-state index contributed by atoms with van der Waals surface area (Å²) < 4.78 is 7.10. The van der Waals surface area contributed by atoms with Gasteiger partial charge in [-0.15, -0.1) is 0 Å². The van der Waals surface area contributed by atoms with Crippen molar-refractivity contribution >= 4 is 16.8 Å². The minimum atomic E-state index is -0.122. The molecule has 22 heavy (non-hydrogen) atoms. The SMILES string of the molecule is COc1ccc2cc(C(=O)NCc3ccccn3)n(C)c2c1. The number of pyridine rings is 1. The van der Waals surface area contributed by atoms with E-state index in [0.717, 1.165) is 22.3 Å². The van der Waals surface area contributed by atoms with Gasteiger partial charge in [0.2, 0.25) is 0 Å². The third-order valence-corrected chi connectivity index (χ3v) is 3.64. The zero-order valence-corrected chi connectivity index (χ0v) is 12.5. The second kappa shape index (κ2) is 5.89. The van der Waals surface area contributed by atoms with Gasteiger partial charge in [-0.1, -0.05) is 6.07 Å². The van der Waals surface area contributed by atoms with Crippen molar-refractivity contribution in [3.8, 4) is 5.75 Å². The first-order chi connectivity index (χ1) is 10.7. The fourth-order valence-electron chi connectivity index (χ4n) is 2.42. The van der Waals surface area contributed by atoms with Crippen LogP contribution in [0.2, 0.25) is 0 Å². The quantitative estimate of drug-likeness (QED) is 0.804. The number of amides is 1. The summed E-state index contributed by atoms with van der Waals surface area (Å²) in [6.45, 7) is 0.407. The molecule has 5 nitrogen and oxygen atoms in total. The Labute approximate surface area is 128 Å². The molecular formula is C17H17N3O2. The Morgan fingerprint density at radius 1 is 1.27 bits per heavy atom. The van der Waals surface area contributed by atoms with Crippen LogP contribution in [0.3, 0.4) is 0 Å². The molecule has 2 aromatic heterocycles. The van der Waals surface area contributed by atoms with E-state index in [0.29, 0.717) is 12.2 Å². The number of ether oxygens (including phenoxy) is 1. The van der Waals surface area contributed by atoms with Crippen LogP contribution in [0.1, 0.15) is 16.2 Å². The van der Waals surface area contributed by atoms with Crippen molar-refractivity contribution in [3.05, 3.63) is 60.0 Å². The second-order valence-electron chi connectivity index (χ2n) is 5.02. The molecule has 0 unspecified atom stereocenters. The predicted molar refractivity (Wildman–Crippen MR) is 84.9 cm³/mol.